The van der Waals surface area contributed by atoms with Gasteiger partial charge in [-0.05, 0) is 30.2 Å². The summed E-state index contributed by atoms with van der Waals surface area (Å²) < 4.78 is 0. The van der Waals surface area contributed by atoms with Gasteiger partial charge in [0.15, 0.2) is 0 Å². The average Bonchev–Trinajstić information content (AvgIpc) is 2.72. The SMILES string of the molecule is C=C1N/C=C(/C(=O)NCC(N)NC(O)c2ccc(Cl)cc2)CC(=O)NC=C1C. The first-order valence-electron chi connectivity index (χ1n) is 8.60. The highest BCUT2D eigenvalue weighted by atomic mass is 35.5. The lowest BCUT2D eigenvalue weighted by atomic mass is 10.1. The molecule has 1 aliphatic rings. The number of halogens is 1. The molecular formula is C19H24ClN5O3. The maximum absolute atomic E-state index is 12.4. The topological polar surface area (TPSA) is 129 Å². The van der Waals surface area contributed by atoms with Gasteiger partial charge in [0.2, 0.25) is 11.8 Å². The molecule has 7 N–H and O–H groups in total. The maximum atomic E-state index is 12.4. The van der Waals surface area contributed by atoms with Gasteiger partial charge in [0.05, 0.1) is 12.6 Å². The van der Waals surface area contributed by atoms with Crippen LogP contribution in [0.3, 0.4) is 0 Å². The van der Waals surface area contributed by atoms with Gasteiger partial charge in [0, 0.05) is 35.2 Å². The standard InChI is InChI=1S/C19H24ClN5O3/c1-11-8-23-17(26)7-14(9-22-12(11)2)18(27)24-10-16(21)25-19(28)13-3-5-15(20)6-4-13/h3-6,8-9,16,19,22,25,28H,2,7,10,21H2,1H3,(H,23,26)(H,24,27)/b11-8?,14-9+. The second-order valence-corrected chi connectivity index (χ2v) is 6.74. The van der Waals surface area contributed by atoms with Crippen LogP contribution in [0, 0.1) is 0 Å². The monoisotopic (exact) mass is 405 g/mol. The van der Waals surface area contributed by atoms with Gasteiger partial charge in [0.25, 0.3) is 0 Å². The Labute approximate surface area is 168 Å². The zero-order chi connectivity index (χ0) is 20.7. The number of nitrogens with two attached hydrogens (primary N) is 1. The third-order valence-corrected chi connectivity index (χ3v) is 4.28. The number of amides is 2. The Hall–Kier alpha value is -2.65. The van der Waals surface area contributed by atoms with Gasteiger partial charge in [-0.3, -0.25) is 14.9 Å². The number of carbonyl (C=O) groups is 2. The largest absolute Gasteiger partial charge is 0.374 e. The van der Waals surface area contributed by atoms with E-state index in [-0.39, 0.29) is 24.4 Å². The van der Waals surface area contributed by atoms with E-state index in [9.17, 15) is 14.7 Å². The lowest BCUT2D eigenvalue weighted by Gasteiger charge is -2.20. The Morgan fingerprint density at radius 2 is 2.00 bits per heavy atom. The number of rotatable bonds is 6. The summed E-state index contributed by atoms with van der Waals surface area (Å²) in [5.74, 6) is -0.772. The number of aliphatic hydroxyl groups excluding tert-OH is 1. The van der Waals surface area contributed by atoms with Crippen LogP contribution in [0.1, 0.15) is 25.1 Å². The van der Waals surface area contributed by atoms with Crippen molar-refractivity contribution in [2.24, 2.45) is 5.73 Å². The molecule has 0 aliphatic carbocycles. The van der Waals surface area contributed by atoms with Crippen LogP contribution in [0.5, 0.6) is 0 Å². The zero-order valence-electron chi connectivity index (χ0n) is 15.5. The molecule has 0 aromatic heterocycles. The van der Waals surface area contributed by atoms with Crippen LogP contribution in [0.15, 0.2) is 60.1 Å². The minimum atomic E-state index is -1.02. The predicted molar refractivity (Wildman–Crippen MR) is 107 cm³/mol. The normalized spacial score (nSPS) is 18.9. The van der Waals surface area contributed by atoms with Gasteiger partial charge in [-0.1, -0.05) is 30.3 Å². The van der Waals surface area contributed by atoms with Crippen LogP contribution in [-0.4, -0.2) is 29.6 Å². The molecule has 1 heterocycles. The minimum Gasteiger partial charge on any atom is -0.374 e. The molecule has 0 saturated carbocycles. The third-order valence-electron chi connectivity index (χ3n) is 4.03. The van der Waals surface area contributed by atoms with E-state index >= 15 is 0 Å². The van der Waals surface area contributed by atoms with Crippen molar-refractivity contribution in [2.75, 3.05) is 6.54 Å². The van der Waals surface area contributed by atoms with Crippen molar-refractivity contribution >= 4 is 23.4 Å². The van der Waals surface area contributed by atoms with Gasteiger partial charge >= 0.3 is 0 Å². The summed E-state index contributed by atoms with van der Waals surface area (Å²) in [6.45, 7) is 5.65. The molecule has 0 fully saturated rings. The number of carbonyl (C=O) groups excluding carboxylic acids is 2. The molecule has 150 valence electrons. The molecule has 9 heteroatoms. The molecular weight excluding hydrogens is 382 g/mol. The summed E-state index contributed by atoms with van der Waals surface area (Å²) in [6, 6.07) is 6.64. The Bertz CT molecular complexity index is 804. The minimum absolute atomic E-state index is 0.0423. The zero-order valence-corrected chi connectivity index (χ0v) is 16.2. The van der Waals surface area contributed by atoms with Crippen LogP contribution < -0.4 is 27.0 Å². The van der Waals surface area contributed by atoms with Crippen molar-refractivity contribution in [1.29, 1.82) is 0 Å². The van der Waals surface area contributed by atoms with Crippen molar-refractivity contribution in [3.05, 3.63) is 70.7 Å². The highest BCUT2D eigenvalue weighted by Gasteiger charge is 2.17. The molecule has 0 spiro atoms. The molecule has 0 saturated heterocycles. The van der Waals surface area contributed by atoms with Gasteiger partial charge in [-0.15, -0.1) is 0 Å². The van der Waals surface area contributed by atoms with Crippen molar-refractivity contribution < 1.29 is 14.7 Å². The van der Waals surface area contributed by atoms with E-state index in [1.165, 1.54) is 12.4 Å². The van der Waals surface area contributed by atoms with Gasteiger partial charge in [-0.25, -0.2) is 0 Å². The molecule has 1 aromatic rings. The van der Waals surface area contributed by atoms with E-state index in [0.717, 1.165) is 5.57 Å². The fourth-order valence-corrected chi connectivity index (χ4v) is 2.43. The summed E-state index contributed by atoms with van der Waals surface area (Å²) in [4.78, 5) is 24.3. The Kier molecular flexibility index (Phi) is 7.77. The van der Waals surface area contributed by atoms with E-state index in [4.69, 9.17) is 17.3 Å². The number of nitrogens with one attached hydrogen (secondary N) is 4. The number of aliphatic hydroxyl groups is 1. The van der Waals surface area contributed by atoms with E-state index < -0.39 is 18.3 Å². The fraction of sp³-hybridized carbons (Fsp3) is 0.263. The quantitative estimate of drug-likeness (QED) is 0.387. The van der Waals surface area contributed by atoms with Crippen LogP contribution in [-0.2, 0) is 9.59 Å². The summed E-state index contributed by atoms with van der Waals surface area (Å²) in [6.07, 6.45) is 1.14. The Morgan fingerprint density at radius 1 is 1.32 bits per heavy atom. The molecule has 0 radical (unpaired) electrons. The Morgan fingerprint density at radius 3 is 2.68 bits per heavy atom. The van der Waals surface area contributed by atoms with Crippen LogP contribution >= 0.6 is 11.6 Å². The second-order valence-electron chi connectivity index (χ2n) is 6.30. The molecule has 2 unspecified atom stereocenters. The summed E-state index contributed by atoms with van der Waals surface area (Å²) in [5, 5.41) is 21.6. The molecule has 1 aliphatic heterocycles. The van der Waals surface area contributed by atoms with E-state index in [1.54, 1.807) is 31.2 Å². The van der Waals surface area contributed by atoms with E-state index in [0.29, 0.717) is 16.3 Å². The molecule has 2 amide bonds. The van der Waals surface area contributed by atoms with E-state index in [1.807, 2.05) is 0 Å². The predicted octanol–water partition coefficient (Wildman–Crippen LogP) is 0.732. The van der Waals surface area contributed by atoms with Gasteiger partial charge in [0.1, 0.15) is 6.23 Å². The maximum Gasteiger partial charge on any atom is 0.249 e. The average molecular weight is 406 g/mol. The molecule has 2 atom stereocenters. The summed E-state index contributed by atoms with van der Waals surface area (Å²) >= 11 is 5.82. The van der Waals surface area contributed by atoms with E-state index in [2.05, 4.69) is 27.8 Å². The Balaban J connectivity index is 1.90. The number of hydrogen-bond donors (Lipinski definition) is 6. The van der Waals surface area contributed by atoms with Gasteiger partial charge < -0.3 is 26.8 Å². The van der Waals surface area contributed by atoms with Crippen molar-refractivity contribution in [3.63, 3.8) is 0 Å². The number of allylic oxidation sites excluding steroid dienone is 1. The highest BCUT2D eigenvalue weighted by Crippen LogP contribution is 2.14. The lowest BCUT2D eigenvalue weighted by molar-refractivity contribution is -0.122. The van der Waals surface area contributed by atoms with Crippen LogP contribution in [0.2, 0.25) is 5.02 Å². The molecule has 2 rings (SSSR count). The summed E-state index contributed by atoms with van der Waals surface area (Å²) in [5.41, 5.74) is 8.05. The van der Waals surface area contributed by atoms with Crippen LogP contribution in [0.4, 0.5) is 0 Å². The molecule has 0 bridgehead atoms. The van der Waals surface area contributed by atoms with Crippen molar-refractivity contribution in [3.8, 4) is 0 Å². The number of hydrogen-bond acceptors (Lipinski definition) is 6. The van der Waals surface area contributed by atoms with Crippen molar-refractivity contribution in [1.82, 2.24) is 21.3 Å². The first kappa shape index (κ1) is 21.6. The van der Waals surface area contributed by atoms with Gasteiger partial charge in [-0.2, -0.15) is 0 Å². The smallest absolute Gasteiger partial charge is 0.249 e. The first-order chi connectivity index (χ1) is 13.3. The molecule has 28 heavy (non-hydrogen) atoms. The number of benzene rings is 1. The third kappa shape index (κ3) is 6.50. The molecule has 8 nitrogen and oxygen atoms in total. The second kappa shape index (κ2) is 10.0. The highest BCUT2D eigenvalue weighted by molar-refractivity contribution is 6.30. The first-order valence-corrected chi connectivity index (χ1v) is 8.98. The lowest BCUT2D eigenvalue weighted by Crippen LogP contribution is -2.48. The fourth-order valence-electron chi connectivity index (χ4n) is 2.30. The van der Waals surface area contributed by atoms with Crippen molar-refractivity contribution in [2.45, 2.75) is 25.7 Å². The molecule has 1 aromatic carbocycles. The van der Waals surface area contributed by atoms with Crippen LogP contribution in [0.25, 0.3) is 0 Å². The summed E-state index contributed by atoms with van der Waals surface area (Å²) in [7, 11) is 0.